The van der Waals surface area contributed by atoms with Crippen LogP contribution in [0.1, 0.15) is 5.56 Å². The highest BCUT2D eigenvalue weighted by atomic mass is 16.3. The van der Waals surface area contributed by atoms with Gasteiger partial charge < -0.3 is 10.2 Å². The van der Waals surface area contributed by atoms with Crippen molar-refractivity contribution in [2.75, 3.05) is 0 Å². The normalized spacial score (nSPS) is 10.2. The minimum atomic E-state index is 0.101. The van der Waals surface area contributed by atoms with E-state index in [4.69, 9.17) is 0 Å². The standard InChI is InChI=1S/C13H12O2/c1-9-5-2-3-6-10(9)13-11(14)7-4-8-12(13)15/h2-8,14-15H,1H3. The molecule has 0 unspecified atom stereocenters. The molecule has 0 aliphatic rings. The summed E-state index contributed by atoms with van der Waals surface area (Å²) in [6.07, 6.45) is 0. The van der Waals surface area contributed by atoms with Crippen molar-refractivity contribution in [3.63, 3.8) is 0 Å². The number of phenols is 2. The molecular weight excluding hydrogens is 188 g/mol. The third-order valence-electron chi connectivity index (χ3n) is 2.43. The van der Waals surface area contributed by atoms with Gasteiger partial charge in [-0.05, 0) is 30.2 Å². The van der Waals surface area contributed by atoms with E-state index in [-0.39, 0.29) is 11.5 Å². The minimum absolute atomic E-state index is 0.101. The van der Waals surface area contributed by atoms with Crippen molar-refractivity contribution < 1.29 is 10.2 Å². The maximum Gasteiger partial charge on any atom is 0.127 e. The van der Waals surface area contributed by atoms with Gasteiger partial charge in [0.05, 0.1) is 5.56 Å². The quantitative estimate of drug-likeness (QED) is 0.742. The first-order valence-electron chi connectivity index (χ1n) is 4.77. The van der Waals surface area contributed by atoms with Crippen LogP contribution in [-0.2, 0) is 0 Å². The SMILES string of the molecule is Cc1ccccc1-c1c(O)cccc1O. The third kappa shape index (κ3) is 1.66. The predicted octanol–water partition coefficient (Wildman–Crippen LogP) is 3.07. The molecule has 2 nitrogen and oxygen atoms in total. The Balaban J connectivity index is 2.69. The van der Waals surface area contributed by atoms with Gasteiger partial charge in [-0.1, -0.05) is 30.3 Å². The molecule has 0 bridgehead atoms. The summed E-state index contributed by atoms with van der Waals surface area (Å²) in [4.78, 5) is 0. The molecule has 0 fully saturated rings. The maximum atomic E-state index is 9.71. The fourth-order valence-corrected chi connectivity index (χ4v) is 1.66. The van der Waals surface area contributed by atoms with E-state index < -0.39 is 0 Å². The lowest BCUT2D eigenvalue weighted by Gasteiger charge is -2.09. The van der Waals surface area contributed by atoms with Crippen molar-refractivity contribution in [1.82, 2.24) is 0 Å². The van der Waals surface area contributed by atoms with Crippen molar-refractivity contribution in [3.8, 4) is 22.6 Å². The van der Waals surface area contributed by atoms with Crippen molar-refractivity contribution in [1.29, 1.82) is 0 Å². The summed E-state index contributed by atoms with van der Waals surface area (Å²) in [5, 5.41) is 19.4. The Morgan fingerprint density at radius 3 is 2.00 bits per heavy atom. The summed E-state index contributed by atoms with van der Waals surface area (Å²) in [6, 6.07) is 12.4. The van der Waals surface area contributed by atoms with Crippen LogP contribution in [0.2, 0.25) is 0 Å². The van der Waals surface area contributed by atoms with Gasteiger partial charge in [0.1, 0.15) is 11.5 Å². The van der Waals surface area contributed by atoms with E-state index in [1.54, 1.807) is 18.2 Å². The molecular formula is C13H12O2. The van der Waals surface area contributed by atoms with Gasteiger partial charge in [0.2, 0.25) is 0 Å². The Kier molecular flexibility index (Phi) is 2.34. The van der Waals surface area contributed by atoms with Gasteiger partial charge in [-0.25, -0.2) is 0 Å². The van der Waals surface area contributed by atoms with Crippen LogP contribution in [0.15, 0.2) is 42.5 Å². The highest BCUT2D eigenvalue weighted by molar-refractivity contribution is 5.78. The lowest BCUT2D eigenvalue weighted by molar-refractivity contribution is 0.454. The molecule has 0 aromatic heterocycles. The van der Waals surface area contributed by atoms with Gasteiger partial charge in [-0.15, -0.1) is 0 Å². The topological polar surface area (TPSA) is 40.5 Å². The van der Waals surface area contributed by atoms with Crippen LogP contribution in [0.5, 0.6) is 11.5 Å². The number of phenolic OH excluding ortho intramolecular Hbond substituents is 2. The fourth-order valence-electron chi connectivity index (χ4n) is 1.66. The lowest BCUT2D eigenvalue weighted by Crippen LogP contribution is -1.84. The number of hydrogen-bond acceptors (Lipinski definition) is 2. The number of hydrogen-bond donors (Lipinski definition) is 2. The summed E-state index contributed by atoms with van der Waals surface area (Å²) >= 11 is 0. The van der Waals surface area contributed by atoms with Crippen molar-refractivity contribution in [3.05, 3.63) is 48.0 Å². The first kappa shape index (κ1) is 9.59. The maximum absolute atomic E-state index is 9.71. The van der Waals surface area contributed by atoms with Crippen LogP contribution in [0.4, 0.5) is 0 Å². The third-order valence-corrected chi connectivity index (χ3v) is 2.43. The van der Waals surface area contributed by atoms with Crippen LogP contribution >= 0.6 is 0 Å². The molecule has 76 valence electrons. The molecule has 2 aromatic rings. The van der Waals surface area contributed by atoms with Gasteiger partial charge in [-0.3, -0.25) is 0 Å². The van der Waals surface area contributed by atoms with Crippen molar-refractivity contribution in [2.45, 2.75) is 6.92 Å². The molecule has 0 atom stereocenters. The highest BCUT2D eigenvalue weighted by Crippen LogP contribution is 2.38. The molecule has 0 radical (unpaired) electrons. The lowest BCUT2D eigenvalue weighted by atomic mass is 9.99. The Labute approximate surface area is 88.4 Å². The molecule has 0 amide bonds. The number of aryl methyl sites for hydroxylation is 1. The van der Waals surface area contributed by atoms with E-state index in [1.807, 2.05) is 31.2 Å². The zero-order chi connectivity index (χ0) is 10.8. The number of rotatable bonds is 1. The van der Waals surface area contributed by atoms with E-state index >= 15 is 0 Å². The Bertz CT molecular complexity index is 469. The molecule has 0 saturated carbocycles. The molecule has 0 saturated heterocycles. The summed E-state index contributed by atoms with van der Waals surface area (Å²) in [5.41, 5.74) is 2.37. The second-order valence-electron chi connectivity index (χ2n) is 3.49. The largest absolute Gasteiger partial charge is 0.507 e. The van der Waals surface area contributed by atoms with Gasteiger partial charge in [-0.2, -0.15) is 0 Å². The second-order valence-corrected chi connectivity index (χ2v) is 3.49. The van der Waals surface area contributed by atoms with E-state index in [9.17, 15) is 10.2 Å². The Morgan fingerprint density at radius 1 is 0.800 bits per heavy atom. The van der Waals surface area contributed by atoms with E-state index in [1.165, 1.54) is 0 Å². The predicted molar refractivity (Wildman–Crippen MR) is 59.9 cm³/mol. The van der Waals surface area contributed by atoms with Gasteiger partial charge in [0.25, 0.3) is 0 Å². The smallest absolute Gasteiger partial charge is 0.127 e. The molecule has 0 heterocycles. The zero-order valence-corrected chi connectivity index (χ0v) is 8.44. The summed E-state index contributed by atoms with van der Waals surface area (Å²) in [7, 11) is 0. The van der Waals surface area contributed by atoms with E-state index in [0.717, 1.165) is 11.1 Å². The first-order chi connectivity index (χ1) is 7.20. The molecule has 0 spiro atoms. The molecule has 2 aromatic carbocycles. The van der Waals surface area contributed by atoms with Crippen molar-refractivity contribution >= 4 is 0 Å². The van der Waals surface area contributed by atoms with Crippen LogP contribution in [0.3, 0.4) is 0 Å². The summed E-state index contributed by atoms with van der Waals surface area (Å²) in [6.45, 7) is 1.95. The monoisotopic (exact) mass is 200 g/mol. The molecule has 2 N–H and O–H groups in total. The summed E-state index contributed by atoms with van der Waals surface area (Å²) < 4.78 is 0. The van der Waals surface area contributed by atoms with Gasteiger partial charge >= 0.3 is 0 Å². The van der Waals surface area contributed by atoms with Crippen LogP contribution < -0.4 is 0 Å². The molecule has 15 heavy (non-hydrogen) atoms. The van der Waals surface area contributed by atoms with E-state index in [2.05, 4.69) is 0 Å². The number of benzene rings is 2. The molecule has 2 rings (SSSR count). The minimum Gasteiger partial charge on any atom is -0.507 e. The second kappa shape index (κ2) is 3.65. The first-order valence-corrected chi connectivity index (χ1v) is 4.77. The van der Waals surface area contributed by atoms with Gasteiger partial charge in [0, 0.05) is 0 Å². The average molecular weight is 200 g/mol. The molecule has 2 heteroatoms. The Hall–Kier alpha value is -1.96. The van der Waals surface area contributed by atoms with Crippen molar-refractivity contribution in [2.24, 2.45) is 0 Å². The van der Waals surface area contributed by atoms with Crippen LogP contribution in [0, 0.1) is 6.92 Å². The molecule has 0 aliphatic heterocycles. The molecule has 0 aliphatic carbocycles. The zero-order valence-electron chi connectivity index (χ0n) is 8.44. The van der Waals surface area contributed by atoms with Gasteiger partial charge in [0.15, 0.2) is 0 Å². The summed E-state index contributed by atoms with van der Waals surface area (Å²) in [5.74, 6) is 0.202. The van der Waals surface area contributed by atoms with Crippen LogP contribution in [-0.4, -0.2) is 10.2 Å². The van der Waals surface area contributed by atoms with E-state index in [0.29, 0.717) is 5.56 Å². The highest BCUT2D eigenvalue weighted by Gasteiger charge is 2.10. The Morgan fingerprint density at radius 2 is 1.40 bits per heavy atom. The average Bonchev–Trinajstić information content (AvgIpc) is 2.20. The van der Waals surface area contributed by atoms with Crippen LogP contribution in [0.25, 0.3) is 11.1 Å². The number of aromatic hydroxyl groups is 2. The fraction of sp³-hybridized carbons (Fsp3) is 0.0769.